The van der Waals surface area contributed by atoms with Crippen molar-refractivity contribution in [3.8, 4) is 0 Å². The summed E-state index contributed by atoms with van der Waals surface area (Å²) in [5, 5.41) is 15.3. The molecule has 122 valence electrons. The van der Waals surface area contributed by atoms with Crippen LogP contribution in [0.1, 0.15) is 31.2 Å². The predicted molar refractivity (Wildman–Crippen MR) is 87.6 cm³/mol. The fourth-order valence-electron chi connectivity index (χ4n) is 2.99. The maximum atomic E-state index is 12.0. The summed E-state index contributed by atoms with van der Waals surface area (Å²) < 4.78 is 0. The van der Waals surface area contributed by atoms with Crippen LogP contribution in [-0.4, -0.2) is 48.3 Å². The summed E-state index contributed by atoms with van der Waals surface area (Å²) in [4.78, 5) is 14.1. The van der Waals surface area contributed by atoms with E-state index in [0.717, 1.165) is 38.8 Å². The molecule has 1 aromatic rings. The molecule has 0 aromatic heterocycles. The van der Waals surface area contributed by atoms with Crippen LogP contribution in [0.15, 0.2) is 30.3 Å². The number of hydrogen-bond donors (Lipinski definition) is 3. The van der Waals surface area contributed by atoms with Crippen molar-refractivity contribution in [2.45, 2.75) is 37.8 Å². The topological polar surface area (TPSA) is 64.6 Å². The van der Waals surface area contributed by atoms with Gasteiger partial charge in [0.2, 0.25) is 0 Å². The fraction of sp³-hybridized carbons (Fsp3) is 0.588. The van der Waals surface area contributed by atoms with E-state index in [4.69, 9.17) is 0 Å². The van der Waals surface area contributed by atoms with Gasteiger partial charge in [-0.1, -0.05) is 43.2 Å². The molecular formula is C17H27N3O2. The number of carbonyl (C=O) groups excluding carboxylic acids is 1. The Morgan fingerprint density at radius 2 is 1.95 bits per heavy atom. The molecule has 0 saturated heterocycles. The van der Waals surface area contributed by atoms with Crippen molar-refractivity contribution < 1.29 is 9.90 Å². The van der Waals surface area contributed by atoms with Crippen LogP contribution >= 0.6 is 0 Å². The van der Waals surface area contributed by atoms with Gasteiger partial charge in [-0.15, -0.1) is 0 Å². The molecule has 1 aliphatic rings. The van der Waals surface area contributed by atoms with Gasteiger partial charge in [0.25, 0.3) is 0 Å². The van der Waals surface area contributed by atoms with E-state index in [1.807, 2.05) is 25.2 Å². The number of nitrogens with zero attached hydrogens (tertiary/aromatic N) is 1. The Balaban J connectivity index is 1.66. The first-order valence-electron chi connectivity index (χ1n) is 8.03. The second-order valence-electron chi connectivity index (χ2n) is 6.25. The van der Waals surface area contributed by atoms with Gasteiger partial charge >= 0.3 is 6.03 Å². The molecule has 0 aliphatic heterocycles. The first-order valence-corrected chi connectivity index (χ1v) is 8.03. The van der Waals surface area contributed by atoms with Crippen molar-refractivity contribution in [3.63, 3.8) is 0 Å². The molecule has 5 heteroatoms. The molecule has 3 N–H and O–H groups in total. The molecule has 5 nitrogen and oxygen atoms in total. The maximum Gasteiger partial charge on any atom is 0.315 e. The lowest BCUT2D eigenvalue weighted by molar-refractivity contribution is 0.162. The van der Waals surface area contributed by atoms with Crippen LogP contribution in [0.4, 0.5) is 4.79 Å². The first kappa shape index (κ1) is 16.8. The molecule has 0 atom stereocenters. The Hall–Kier alpha value is -1.59. The molecule has 2 rings (SSSR count). The summed E-state index contributed by atoms with van der Waals surface area (Å²) in [5.41, 5.74) is 0.861. The summed E-state index contributed by atoms with van der Waals surface area (Å²) in [6.07, 6.45) is 3.87. The highest BCUT2D eigenvalue weighted by Gasteiger charge is 2.34. The normalized spacial score (nSPS) is 16.7. The number of urea groups is 1. The van der Waals surface area contributed by atoms with Gasteiger partial charge in [0.05, 0.1) is 12.1 Å². The van der Waals surface area contributed by atoms with Crippen LogP contribution in [0.2, 0.25) is 0 Å². The number of aliphatic hydroxyl groups excluding tert-OH is 1. The summed E-state index contributed by atoms with van der Waals surface area (Å²) in [5.74, 6) is 0. The summed E-state index contributed by atoms with van der Waals surface area (Å²) in [7, 11) is 2.04. The Morgan fingerprint density at radius 3 is 2.59 bits per heavy atom. The fourth-order valence-corrected chi connectivity index (χ4v) is 2.99. The van der Waals surface area contributed by atoms with Crippen LogP contribution in [0.5, 0.6) is 0 Å². The number of amides is 2. The van der Waals surface area contributed by atoms with Crippen LogP contribution in [0.3, 0.4) is 0 Å². The smallest absolute Gasteiger partial charge is 0.315 e. The SMILES string of the molecule is CN(CCNC(=O)NC1(CO)CCCC1)Cc1ccccc1. The minimum absolute atomic E-state index is 0.0222. The average Bonchev–Trinajstić information content (AvgIpc) is 2.97. The van der Waals surface area contributed by atoms with Crippen molar-refractivity contribution in [1.29, 1.82) is 0 Å². The molecule has 1 aliphatic carbocycles. The molecule has 0 spiro atoms. The van der Waals surface area contributed by atoms with Gasteiger partial charge in [-0.3, -0.25) is 0 Å². The molecule has 22 heavy (non-hydrogen) atoms. The first-order chi connectivity index (χ1) is 10.6. The third-order valence-electron chi connectivity index (χ3n) is 4.32. The zero-order valence-electron chi connectivity index (χ0n) is 13.3. The van der Waals surface area contributed by atoms with Gasteiger partial charge in [-0.25, -0.2) is 4.79 Å². The summed E-state index contributed by atoms with van der Waals surface area (Å²) >= 11 is 0. The number of rotatable bonds is 7. The standard InChI is InChI=1S/C17H27N3O2/c1-20(13-15-7-3-2-4-8-15)12-11-18-16(22)19-17(14-21)9-5-6-10-17/h2-4,7-8,21H,5-6,9-14H2,1H3,(H2,18,19,22). The molecule has 0 bridgehead atoms. The summed E-state index contributed by atoms with van der Waals surface area (Å²) in [6, 6.07) is 10.1. The van der Waals surface area contributed by atoms with E-state index in [-0.39, 0.29) is 12.6 Å². The molecule has 2 amide bonds. The number of hydrogen-bond acceptors (Lipinski definition) is 3. The van der Waals surface area contributed by atoms with Crippen LogP contribution in [-0.2, 0) is 6.54 Å². The third-order valence-corrected chi connectivity index (χ3v) is 4.32. The second kappa shape index (κ2) is 8.15. The Bertz CT molecular complexity index is 458. The molecular weight excluding hydrogens is 278 g/mol. The Labute approximate surface area is 132 Å². The van der Waals surface area contributed by atoms with E-state index >= 15 is 0 Å². The van der Waals surface area contributed by atoms with Gasteiger partial charge < -0.3 is 20.6 Å². The predicted octanol–water partition coefficient (Wildman–Crippen LogP) is 1.72. The van der Waals surface area contributed by atoms with Crippen molar-refractivity contribution >= 4 is 6.03 Å². The molecule has 0 heterocycles. The van der Waals surface area contributed by atoms with E-state index in [9.17, 15) is 9.90 Å². The van der Waals surface area contributed by atoms with Crippen LogP contribution < -0.4 is 10.6 Å². The van der Waals surface area contributed by atoms with E-state index < -0.39 is 5.54 Å². The van der Waals surface area contributed by atoms with E-state index in [2.05, 4.69) is 27.7 Å². The van der Waals surface area contributed by atoms with Gasteiger partial charge in [0, 0.05) is 19.6 Å². The largest absolute Gasteiger partial charge is 0.394 e. The van der Waals surface area contributed by atoms with E-state index in [0.29, 0.717) is 6.54 Å². The number of benzene rings is 1. The van der Waals surface area contributed by atoms with Gasteiger partial charge in [0.15, 0.2) is 0 Å². The number of nitrogens with one attached hydrogen (secondary N) is 2. The van der Waals surface area contributed by atoms with Crippen molar-refractivity contribution in [2.75, 3.05) is 26.7 Å². The number of carbonyl (C=O) groups is 1. The molecule has 1 fully saturated rings. The van der Waals surface area contributed by atoms with Gasteiger partial charge in [-0.2, -0.15) is 0 Å². The molecule has 1 aromatic carbocycles. The minimum Gasteiger partial charge on any atom is -0.394 e. The summed E-state index contributed by atoms with van der Waals surface area (Å²) in [6.45, 7) is 2.27. The molecule has 0 unspecified atom stereocenters. The van der Waals surface area contributed by atoms with Crippen molar-refractivity contribution in [1.82, 2.24) is 15.5 Å². The highest BCUT2D eigenvalue weighted by Crippen LogP contribution is 2.28. The third kappa shape index (κ3) is 5.00. The molecule has 0 radical (unpaired) electrons. The van der Waals surface area contributed by atoms with Gasteiger partial charge in [0.1, 0.15) is 0 Å². The maximum absolute atomic E-state index is 12.0. The Morgan fingerprint density at radius 1 is 1.27 bits per heavy atom. The van der Waals surface area contributed by atoms with Crippen molar-refractivity contribution in [3.05, 3.63) is 35.9 Å². The quantitative estimate of drug-likeness (QED) is 0.719. The van der Waals surface area contributed by atoms with Gasteiger partial charge in [-0.05, 0) is 25.5 Å². The number of aliphatic hydroxyl groups is 1. The molecule has 1 saturated carbocycles. The minimum atomic E-state index is -0.403. The monoisotopic (exact) mass is 305 g/mol. The zero-order valence-corrected chi connectivity index (χ0v) is 13.3. The Kier molecular flexibility index (Phi) is 6.21. The van der Waals surface area contributed by atoms with Crippen LogP contribution in [0, 0.1) is 0 Å². The van der Waals surface area contributed by atoms with E-state index in [1.54, 1.807) is 0 Å². The second-order valence-corrected chi connectivity index (χ2v) is 6.25. The lowest BCUT2D eigenvalue weighted by Gasteiger charge is -2.28. The highest BCUT2D eigenvalue weighted by molar-refractivity contribution is 5.74. The zero-order chi connectivity index (χ0) is 15.8. The highest BCUT2D eigenvalue weighted by atomic mass is 16.3. The lowest BCUT2D eigenvalue weighted by atomic mass is 9.99. The number of likely N-dealkylation sites (N-methyl/N-ethyl adjacent to an activating group) is 1. The van der Waals surface area contributed by atoms with E-state index in [1.165, 1.54) is 5.56 Å². The van der Waals surface area contributed by atoms with Crippen LogP contribution in [0.25, 0.3) is 0 Å². The average molecular weight is 305 g/mol. The lowest BCUT2D eigenvalue weighted by Crippen LogP contribution is -2.53. The van der Waals surface area contributed by atoms with Crippen molar-refractivity contribution in [2.24, 2.45) is 0 Å².